The number of hydrogen-bond donors (Lipinski definition) is 2. The summed E-state index contributed by atoms with van der Waals surface area (Å²) in [6, 6.07) is 5.68. The summed E-state index contributed by atoms with van der Waals surface area (Å²) >= 11 is 1.29. The Bertz CT molecular complexity index is 800. The van der Waals surface area contributed by atoms with Crippen LogP contribution in [0.1, 0.15) is 60.3 Å². The standard InChI is InChI=1S/C20H27N3O3S/c1-12(22-19(24)18-13(2)23-27-20(18)21-3)14-9-10-16(17(11-14)25-4)26-15-7-5-6-8-15/h9-12,15,21H,5-8H2,1-4H3,(H,22,24). The van der Waals surface area contributed by atoms with E-state index in [4.69, 9.17) is 9.47 Å². The fourth-order valence-corrected chi connectivity index (χ4v) is 4.14. The molecule has 0 aliphatic heterocycles. The zero-order chi connectivity index (χ0) is 19.4. The Morgan fingerprint density at radius 2 is 2.04 bits per heavy atom. The maximum Gasteiger partial charge on any atom is 0.256 e. The molecule has 0 radical (unpaired) electrons. The summed E-state index contributed by atoms with van der Waals surface area (Å²) < 4.78 is 15.9. The van der Waals surface area contributed by atoms with Crippen LogP contribution in [-0.2, 0) is 0 Å². The van der Waals surface area contributed by atoms with Crippen LogP contribution in [0.4, 0.5) is 5.00 Å². The highest BCUT2D eigenvalue weighted by Gasteiger charge is 2.22. The first-order valence-corrected chi connectivity index (χ1v) is 10.1. The number of ether oxygens (including phenoxy) is 2. The van der Waals surface area contributed by atoms with Gasteiger partial charge in [-0.05, 0) is 68.8 Å². The molecule has 7 heteroatoms. The van der Waals surface area contributed by atoms with Crippen molar-refractivity contribution in [3.63, 3.8) is 0 Å². The number of carbonyl (C=O) groups is 1. The van der Waals surface area contributed by atoms with Gasteiger partial charge in [0, 0.05) is 7.05 Å². The second kappa shape index (κ2) is 8.61. The molecule has 0 bridgehead atoms. The second-order valence-electron chi connectivity index (χ2n) is 6.85. The highest BCUT2D eigenvalue weighted by Crippen LogP contribution is 2.34. The number of benzene rings is 1. The number of amides is 1. The van der Waals surface area contributed by atoms with E-state index in [1.807, 2.05) is 32.0 Å². The Labute approximate surface area is 164 Å². The maximum atomic E-state index is 12.7. The molecule has 1 heterocycles. The van der Waals surface area contributed by atoms with E-state index < -0.39 is 0 Å². The predicted molar refractivity (Wildman–Crippen MR) is 108 cm³/mol. The van der Waals surface area contributed by atoms with Gasteiger partial charge in [0.25, 0.3) is 5.91 Å². The fraction of sp³-hybridized carbons (Fsp3) is 0.500. The lowest BCUT2D eigenvalue weighted by molar-refractivity contribution is 0.0940. The third-order valence-electron chi connectivity index (χ3n) is 4.95. The lowest BCUT2D eigenvalue weighted by atomic mass is 10.1. The van der Waals surface area contributed by atoms with Crippen molar-refractivity contribution < 1.29 is 14.3 Å². The molecule has 1 saturated carbocycles. The van der Waals surface area contributed by atoms with E-state index in [1.165, 1.54) is 24.4 Å². The first kappa shape index (κ1) is 19.5. The number of aromatic nitrogens is 1. The molecule has 1 aliphatic carbocycles. The number of hydrogen-bond acceptors (Lipinski definition) is 6. The Morgan fingerprint density at radius 1 is 1.30 bits per heavy atom. The van der Waals surface area contributed by atoms with E-state index in [9.17, 15) is 4.79 Å². The van der Waals surface area contributed by atoms with Gasteiger partial charge in [-0.15, -0.1) is 0 Å². The summed E-state index contributed by atoms with van der Waals surface area (Å²) in [7, 11) is 3.44. The molecular weight excluding hydrogens is 362 g/mol. The van der Waals surface area contributed by atoms with Crippen molar-refractivity contribution in [2.45, 2.75) is 51.7 Å². The molecule has 2 aromatic rings. The van der Waals surface area contributed by atoms with E-state index >= 15 is 0 Å². The molecule has 146 valence electrons. The summed E-state index contributed by atoms with van der Waals surface area (Å²) in [5.41, 5.74) is 2.29. The highest BCUT2D eigenvalue weighted by atomic mass is 32.1. The van der Waals surface area contributed by atoms with Crippen molar-refractivity contribution in [3.05, 3.63) is 35.0 Å². The molecule has 1 aromatic heterocycles. The highest BCUT2D eigenvalue weighted by molar-refractivity contribution is 7.10. The molecule has 0 saturated heterocycles. The summed E-state index contributed by atoms with van der Waals surface area (Å²) in [4.78, 5) is 12.7. The van der Waals surface area contributed by atoms with Crippen molar-refractivity contribution in [2.24, 2.45) is 0 Å². The Kier molecular flexibility index (Phi) is 6.21. The SMILES string of the molecule is CNc1snc(C)c1C(=O)NC(C)c1ccc(OC2CCCC2)c(OC)c1. The van der Waals surface area contributed by atoms with Crippen LogP contribution in [-0.4, -0.2) is 30.5 Å². The smallest absolute Gasteiger partial charge is 0.256 e. The Hall–Kier alpha value is -2.28. The van der Waals surface area contributed by atoms with Crippen LogP contribution >= 0.6 is 11.5 Å². The largest absolute Gasteiger partial charge is 0.493 e. The minimum absolute atomic E-state index is 0.136. The van der Waals surface area contributed by atoms with Crippen molar-refractivity contribution in [3.8, 4) is 11.5 Å². The topological polar surface area (TPSA) is 72.5 Å². The molecule has 1 atom stereocenters. The van der Waals surface area contributed by atoms with Gasteiger partial charge in [0.05, 0.1) is 30.5 Å². The molecule has 1 aliphatic rings. The van der Waals surface area contributed by atoms with Crippen LogP contribution in [0, 0.1) is 6.92 Å². The first-order valence-electron chi connectivity index (χ1n) is 9.33. The van der Waals surface area contributed by atoms with Crippen molar-refractivity contribution in [1.29, 1.82) is 0 Å². The fourth-order valence-electron chi connectivity index (χ4n) is 3.40. The van der Waals surface area contributed by atoms with Gasteiger partial charge in [-0.2, -0.15) is 4.37 Å². The Balaban J connectivity index is 1.73. The van der Waals surface area contributed by atoms with Gasteiger partial charge in [-0.3, -0.25) is 4.79 Å². The number of methoxy groups -OCH3 is 1. The summed E-state index contributed by atoms with van der Waals surface area (Å²) in [5.74, 6) is 1.33. The van der Waals surface area contributed by atoms with Crippen LogP contribution in [0.15, 0.2) is 18.2 Å². The number of aryl methyl sites for hydroxylation is 1. The molecular formula is C20H27N3O3S. The summed E-state index contributed by atoms with van der Waals surface area (Å²) in [6.07, 6.45) is 4.91. The normalized spacial score (nSPS) is 15.4. The van der Waals surface area contributed by atoms with Crippen molar-refractivity contribution in [2.75, 3.05) is 19.5 Å². The monoisotopic (exact) mass is 389 g/mol. The van der Waals surface area contributed by atoms with Gasteiger partial charge in [-0.1, -0.05) is 6.07 Å². The number of anilines is 1. The molecule has 2 N–H and O–H groups in total. The zero-order valence-electron chi connectivity index (χ0n) is 16.3. The van der Waals surface area contributed by atoms with Crippen LogP contribution in [0.5, 0.6) is 11.5 Å². The lowest BCUT2D eigenvalue weighted by Gasteiger charge is -2.19. The quantitative estimate of drug-likeness (QED) is 0.738. The van der Waals surface area contributed by atoms with E-state index in [2.05, 4.69) is 15.0 Å². The number of nitrogens with zero attached hydrogens (tertiary/aromatic N) is 1. The van der Waals surface area contributed by atoms with Crippen LogP contribution in [0.3, 0.4) is 0 Å². The molecule has 1 unspecified atom stereocenters. The molecule has 1 aromatic carbocycles. The molecule has 1 fully saturated rings. The van der Waals surface area contributed by atoms with E-state index in [0.717, 1.165) is 34.8 Å². The molecule has 1 amide bonds. The van der Waals surface area contributed by atoms with Gasteiger partial charge < -0.3 is 20.1 Å². The van der Waals surface area contributed by atoms with Crippen molar-refractivity contribution >= 4 is 22.4 Å². The van der Waals surface area contributed by atoms with E-state index in [1.54, 1.807) is 14.2 Å². The minimum Gasteiger partial charge on any atom is -0.493 e. The average Bonchev–Trinajstić information content (AvgIpc) is 3.31. The second-order valence-corrected chi connectivity index (χ2v) is 7.63. The zero-order valence-corrected chi connectivity index (χ0v) is 17.1. The average molecular weight is 390 g/mol. The van der Waals surface area contributed by atoms with Crippen LogP contribution in [0.25, 0.3) is 0 Å². The van der Waals surface area contributed by atoms with Crippen LogP contribution < -0.4 is 20.1 Å². The number of nitrogens with one attached hydrogen (secondary N) is 2. The molecule has 27 heavy (non-hydrogen) atoms. The lowest BCUT2D eigenvalue weighted by Crippen LogP contribution is -2.27. The molecule has 3 rings (SSSR count). The predicted octanol–water partition coefficient (Wildman–Crippen LogP) is 4.31. The van der Waals surface area contributed by atoms with Crippen molar-refractivity contribution in [1.82, 2.24) is 9.69 Å². The van der Waals surface area contributed by atoms with Gasteiger partial charge in [0.2, 0.25) is 0 Å². The molecule has 0 spiro atoms. The van der Waals surface area contributed by atoms with Crippen LogP contribution in [0.2, 0.25) is 0 Å². The van der Waals surface area contributed by atoms with Gasteiger partial charge >= 0.3 is 0 Å². The minimum atomic E-state index is -0.170. The number of carbonyl (C=O) groups excluding carboxylic acids is 1. The summed E-state index contributed by atoms with van der Waals surface area (Å²) in [6.45, 7) is 3.80. The summed E-state index contributed by atoms with van der Waals surface area (Å²) in [5, 5.41) is 6.85. The van der Waals surface area contributed by atoms with Gasteiger partial charge in [0.15, 0.2) is 11.5 Å². The molecule has 6 nitrogen and oxygen atoms in total. The first-order chi connectivity index (χ1) is 13.0. The van der Waals surface area contributed by atoms with Gasteiger partial charge in [0.1, 0.15) is 5.00 Å². The van der Waals surface area contributed by atoms with E-state index in [-0.39, 0.29) is 18.1 Å². The number of rotatable bonds is 7. The third kappa shape index (κ3) is 4.35. The maximum absolute atomic E-state index is 12.7. The van der Waals surface area contributed by atoms with Gasteiger partial charge in [-0.25, -0.2) is 0 Å². The van der Waals surface area contributed by atoms with E-state index in [0.29, 0.717) is 11.3 Å². The third-order valence-corrected chi connectivity index (χ3v) is 5.90. The Morgan fingerprint density at radius 3 is 2.70 bits per heavy atom.